The summed E-state index contributed by atoms with van der Waals surface area (Å²) in [7, 11) is 2.09. The molecule has 0 aromatic heterocycles. The van der Waals surface area contributed by atoms with Gasteiger partial charge >= 0.3 is 5.97 Å². The molecule has 2 rings (SSSR count). The summed E-state index contributed by atoms with van der Waals surface area (Å²) in [4.78, 5) is 15.0. The smallest absolute Gasteiger partial charge is 0.328 e. The first-order chi connectivity index (χ1) is 9.60. The minimum Gasteiger partial charge on any atom is -0.478 e. The molecule has 1 aromatic carbocycles. The first-order valence-electron chi connectivity index (χ1n) is 6.49. The van der Waals surface area contributed by atoms with Crippen molar-refractivity contribution in [3.8, 4) is 6.07 Å². The second-order valence-electron chi connectivity index (χ2n) is 4.85. The van der Waals surface area contributed by atoms with E-state index in [1.165, 1.54) is 6.08 Å². The molecule has 5 nitrogen and oxygen atoms in total. The van der Waals surface area contributed by atoms with E-state index >= 15 is 0 Å². The summed E-state index contributed by atoms with van der Waals surface area (Å²) in [6.07, 6.45) is 2.57. The lowest BCUT2D eigenvalue weighted by Crippen LogP contribution is -2.44. The van der Waals surface area contributed by atoms with E-state index < -0.39 is 5.97 Å². The van der Waals surface area contributed by atoms with Crippen molar-refractivity contribution >= 4 is 17.7 Å². The number of carbonyl (C=O) groups is 1. The van der Waals surface area contributed by atoms with Crippen LogP contribution in [-0.4, -0.2) is 49.2 Å². The van der Waals surface area contributed by atoms with Crippen LogP contribution in [0.4, 0.5) is 5.69 Å². The third-order valence-electron chi connectivity index (χ3n) is 3.40. The van der Waals surface area contributed by atoms with Gasteiger partial charge in [0.2, 0.25) is 0 Å². The number of aliphatic carboxylic acids is 1. The predicted octanol–water partition coefficient (Wildman–Crippen LogP) is 1.41. The summed E-state index contributed by atoms with van der Waals surface area (Å²) >= 11 is 0. The zero-order valence-electron chi connectivity index (χ0n) is 11.4. The van der Waals surface area contributed by atoms with Crippen LogP contribution in [0.5, 0.6) is 0 Å². The first kappa shape index (κ1) is 14.1. The first-order valence-corrected chi connectivity index (χ1v) is 6.49. The maximum absolute atomic E-state index is 10.5. The average molecular weight is 271 g/mol. The second-order valence-corrected chi connectivity index (χ2v) is 4.85. The highest BCUT2D eigenvalue weighted by atomic mass is 16.4. The molecule has 0 spiro atoms. The fraction of sp³-hybridized carbons (Fsp3) is 0.333. The highest BCUT2D eigenvalue weighted by Crippen LogP contribution is 2.23. The number of hydrogen-bond donors (Lipinski definition) is 1. The maximum Gasteiger partial charge on any atom is 0.328 e. The summed E-state index contributed by atoms with van der Waals surface area (Å²) in [6, 6.07) is 7.66. The van der Waals surface area contributed by atoms with E-state index in [-0.39, 0.29) is 0 Å². The van der Waals surface area contributed by atoms with Crippen LogP contribution < -0.4 is 4.90 Å². The summed E-state index contributed by atoms with van der Waals surface area (Å²) in [5.41, 5.74) is 2.23. The van der Waals surface area contributed by atoms with E-state index in [1.807, 2.05) is 12.1 Å². The Morgan fingerprint density at radius 3 is 2.65 bits per heavy atom. The molecule has 1 saturated heterocycles. The molecule has 5 heteroatoms. The standard InChI is InChI=1S/C15H17N3O2/c1-17-6-8-18(9-7-17)14-4-2-12(3-5-15(19)20)10-13(14)11-16/h2-5,10H,6-9H2,1H3,(H,19,20)/b5-3+. The topological polar surface area (TPSA) is 67.6 Å². The summed E-state index contributed by atoms with van der Waals surface area (Å²) < 4.78 is 0. The molecule has 0 atom stereocenters. The largest absolute Gasteiger partial charge is 0.478 e. The zero-order valence-corrected chi connectivity index (χ0v) is 11.4. The Morgan fingerprint density at radius 1 is 1.35 bits per heavy atom. The number of benzene rings is 1. The molecule has 1 N–H and O–H groups in total. The molecule has 1 heterocycles. The normalized spacial score (nSPS) is 16.3. The van der Waals surface area contributed by atoms with Gasteiger partial charge in [0.25, 0.3) is 0 Å². The van der Waals surface area contributed by atoms with Gasteiger partial charge in [0, 0.05) is 32.3 Å². The van der Waals surface area contributed by atoms with E-state index in [4.69, 9.17) is 5.11 Å². The van der Waals surface area contributed by atoms with Crippen molar-refractivity contribution < 1.29 is 9.90 Å². The van der Waals surface area contributed by atoms with E-state index in [0.29, 0.717) is 5.56 Å². The highest BCUT2D eigenvalue weighted by Gasteiger charge is 2.16. The fourth-order valence-corrected chi connectivity index (χ4v) is 2.24. The van der Waals surface area contributed by atoms with Gasteiger partial charge in [-0.3, -0.25) is 0 Å². The highest BCUT2D eigenvalue weighted by molar-refractivity contribution is 5.85. The Balaban J connectivity index is 2.22. The number of carboxylic acid groups (broad SMARTS) is 1. The molecule has 104 valence electrons. The number of piperazine rings is 1. The molecule has 0 saturated carbocycles. The van der Waals surface area contributed by atoms with Crippen LogP contribution in [0.3, 0.4) is 0 Å². The number of nitriles is 1. The van der Waals surface area contributed by atoms with Crippen LogP contribution in [0.15, 0.2) is 24.3 Å². The Bertz CT molecular complexity index is 567. The molecule has 0 bridgehead atoms. The lowest BCUT2D eigenvalue weighted by Gasteiger charge is -2.34. The number of likely N-dealkylation sites (N-methyl/N-ethyl adjacent to an activating group) is 1. The van der Waals surface area contributed by atoms with Crippen LogP contribution in [0.25, 0.3) is 6.08 Å². The van der Waals surface area contributed by atoms with Crippen molar-refractivity contribution in [1.29, 1.82) is 5.26 Å². The van der Waals surface area contributed by atoms with E-state index in [0.717, 1.165) is 43.5 Å². The molecule has 1 aliphatic heterocycles. The number of anilines is 1. The molecule has 0 aliphatic carbocycles. The molecule has 1 aliphatic rings. The van der Waals surface area contributed by atoms with Crippen LogP contribution in [-0.2, 0) is 4.79 Å². The van der Waals surface area contributed by atoms with Crippen molar-refractivity contribution in [2.24, 2.45) is 0 Å². The lowest BCUT2D eigenvalue weighted by molar-refractivity contribution is -0.131. The number of hydrogen-bond acceptors (Lipinski definition) is 4. The lowest BCUT2D eigenvalue weighted by atomic mass is 10.1. The maximum atomic E-state index is 10.5. The van der Waals surface area contributed by atoms with Crippen molar-refractivity contribution in [3.05, 3.63) is 35.4 Å². The van der Waals surface area contributed by atoms with Gasteiger partial charge in [-0.05, 0) is 30.8 Å². The van der Waals surface area contributed by atoms with Gasteiger partial charge in [-0.25, -0.2) is 4.79 Å². The van der Waals surface area contributed by atoms with Crippen molar-refractivity contribution in [2.45, 2.75) is 0 Å². The van der Waals surface area contributed by atoms with Gasteiger partial charge < -0.3 is 14.9 Å². The summed E-state index contributed by atoms with van der Waals surface area (Å²) in [6.45, 7) is 3.75. The molecule has 20 heavy (non-hydrogen) atoms. The average Bonchev–Trinajstić information content (AvgIpc) is 2.45. The van der Waals surface area contributed by atoms with Crippen LogP contribution in [0.2, 0.25) is 0 Å². The van der Waals surface area contributed by atoms with Gasteiger partial charge in [-0.15, -0.1) is 0 Å². The molecule has 0 amide bonds. The van der Waals surface area contributed by atoms with Crippen molar-refractivity contribution in [1.82, 2.24) is 4.90 Å². The second kappa shape index (κ2) is 6.22. The van der Waals surface area contributed by atoms with E-state index in [1.54, 1.807) is 6.07 Å². The SMILES string of the molecule is CN1CCN(c2ccc(/C=C/C(=O)O)cc2C#N)CC1. The molecule has 1 fully saturated rings. The molecule has 1 aromatic rings. The zero-order chi connectivity index (χ0) is 14.5. The fourth-order valence-electron chi connectivity index (χ4n) is 2.24. The van der Waals surface area contributed by atoms with Gasteiger partial charge in [0.05, 0.1) is 11.3 Å². The van der Waals surface area contributed by atoms with Gasteiger partial charge in [-0.2, -0.15) is 5.26 Å². The number of rotatable bonds is 3. The summed E-state index contributed by atoms with van der Waals surface area (Å²) in [5, 5.41) is 17.9. The Morgan fingerprint density at radius 2 is 2.05 bits per heavy atom. The Labute approximate surface area is 118 Å². The summed E-state index contributed by atoms with van der Waals surface area (Å²) in [5.74, 6) is -0.994. The van der Waals surface area contributed by atoms with E-state index in [2.05, 4.69) is 22.9 Å². The molecular weight excluding hydrogens is 254 g/mol. The monoisotopic (exact) mass is 271 g/mol. The minimum absolute atomic E-state index is 0.585. The van der Waals surface area contributed by atoms with Gasteiger partial charge in [-0.1, -0.05) is 6.07 Å². The quantitative estimate of drug-likeness (QED) is 0.842. The van der Waals surface area contributed by atoms with Crippen LogP contribution in [0.1, 0.15) is 11.1 Å². The van der Waals surface area contributed by atoms with Crippen LogP contribution in [0, 0.1) is 11.3 Å². The van der Waals surface area contributed by atoms with Crippen LogP contribution >= 0.6 is 0 Å². The number of nitrogens with zero attached hydrogens (tertiary/aromatic N) is 3. The van der Waals surface area contributed by atoms with Gasteiger partial charge in [0.1, 0.15) is 6.07 Å². The Kier molecular flexibility index (Phi) is 4.38. The number of carboxylic acids is 1. The molecular formula is C15H17N3O2. The Hall–Kier alpha value is -2.32. The van der Waals surface area contributed by atoms with E-state index in [9.17, 15) is 10.1 Å². The third kappa shape index (κ3) is 3.37. The molecule has 0 unspecified atom stereocenters. The van der Waals surface area contributed by atoms with Crippen molar-refractivity contribution in [3.63, 3.8) is 0 Å². The molecule has 0 radical (unpaired) electrons. The van der Waals surface area contributed by atoms with Gasteiger partial charge in [0.15, 0.2) is 0 Å². The predicted molar refractivity (Wildman–Crippen MR) is 77.5 cm³/mol. The van der Waals surface area contributed by atoms with Crippen molar-refractivity contribution in [2.75, 3.05) is 38.1 Å². The minimum atomic E-state index is -0.994. The third-order valence-corrected chi connectivity index (χ3v) is 3.40.